The van der Waals surface area contributed by atoms with E-state index < -0.39 is 6.04 Å². The maximum Gasteiger partial charge on any atom is 0.261 e. The SMILES string of the molecule is CC[C@@H](C(=O)NCC(C)C)N(Cc1cccc(C)c1)C(=O)COc1ccc(Br)c(C)c1. The van der Waals surface area contributed by atoms with E-state index in [1.165, 1.54) is 0 Å². The van der Waals surface area contributed by atoms with E-state index in [1.54, 1.807) is 4.90 Å². The predicted molar refractivity (Wildman–Crippen MR) is 128 cm³/mol. The summed E-state index contributed by atoms with van der Waals surface area (Å²) in [4.78, 5) is 27.7. The summed E-state index contributed by atoms with van der Waals surface area (Å²) in [5.74, 6) is 0.624. The van der Waals surface area contributed by atoms with E-state index in [0.717, 1.165) is 21.2 Å². The molecule has 0 radical (unpaired) electrons. The van der Waals surface area contributed by atoms with Crippen LogP contribution in [0.25, 0.3) is 0 Å². The highest BCUT2D eigenvalue weighted by Crippen LogP contribution is 2.22. The number of carbonyl (C=O) groups is 2. The van der Waals surface area contributed by atoms with Gasteiger partial charge in [0.15, 0.2) is 6.61 Å². The zero-order valence-electron chi connectivity index (χ0n) is 19.1. The molecule has 1 atom stereocenters. The zero-order chi connectivity index (χ0) is 23.0. The molecule has 1 N–H and O–H groups in total. The number of amides is 2. The normalized spacial score (nSPS) is 11.8. The van der Waals surface area contributed by atoms with Crippen molar-refractivity contribution in [2.24, 2.45) is 5.92 Å². The summed E-state index contributed by atoms with van der Waals surface area (Å²) < 4.78 is 6.76. The predicted octanol–water partition coefficient (Wildman–Crippen LogP) is 5.02. The van der Waals surface area contributed by atoms with Crippen LogP contribution in [0, 0.1) is 19.8 Å². The van der Waals surface area contributed by atoms with Gasteiger partial charge in [-0.2, -0.15) is 0 Å². The Morgan fingerprint density at radius 2 is 1.87 bits per heavy atom. The Morgan fingerprint density at radius 3 is 2.48 bits per heavy atom. The minimum atomic E-state index is -0.554. The van der Waals surface area contributed by atoms with Crippen molar-refractivity contribution in [3.05, 3.63) is 63.6 Å². The number of carbonyl (C=O) groups excluding carboxylic acids is 2. The van der Waals surface area contributed by atoms with Crippen molar-refractivity contribution in [2.75, 3.05) is 13.2 Å². The molecule has 0 aliphatic heterocycles. The van der Waals surface area contributed by atoms with Crippen molar-refractivity contribution < 1.29 is 14.3 Å². The van der Waals surface area contributed by atoms with Crippen LogP contribution in [0.5, 0.6) is 5.75 Å². The van der Waals surface area contributed by atoms with Crippen molar-refractivity contribution in [1.82, 2.24) is 10.2 Å². The minimum Gasteiger partial charge on any atom is -0.484 e. The van der Waals surface area contributed by atoms with Gasteiger partial charge in [0.1, 0.15) is 11.8 Å². The lowest BCUT2D eigenvalue weighted by Crippen LogP contribution is -2.50. The number of hydrogen-bond acceptors (Lipinski definition) is 3. The lowest BCUT2D eigenvalue weighted by Gasteiger charge is -2.31. The number of ether oxygens (including phenoxy) is 1. The van der Waals surface area contributed by atoms with Gasteiger partial charge in [-0.25, -0.2) is 0 Å². The molecule has 6 heteroatoms. The molecule has 0 aromatic heterocycles. The van der Waals surface area contributed by atoms with E-state index in [2.05, 4.69) is 21.2 Å². The lowest BCUT2D eigenvalue weighted by molar-refractivity contribution is -0.143. The average molecular weight is 489 g/mol. The number of hydrogen-bond donors (Lipinski definition) is 1. The molecule has 2 rings (SSSR count). The van der Waals surface area contributed by atoms with Crippen molar-refractivity contribution in [3.63, 3.8) is 0 Å². The zero-order valence-corrected chi connectivity index (χ0v) is 20.7. The summed E-state index contributed by atoms with van der Waals surface area (Å²) in [5, 5.41) is 2.97. The third-order valence-electron chi connectivity index (χ3n) is 5.00. The standard InChI is InChI=1S/C25H33BrN2O3/c1-6-23(25(30)27-14-17(2)3)28(15-20-9-7-8-18(4)12-20)24(29)16-31-21-10-11-22(26)19(5)13-21/h7-13,17,23H,6,14-16H2,1-5H3,(H,27,30)/t23-/m0/s1. The summed E-state index contributed by atoms with van der Waals surface area (Å²) in [6.45, 7) is 10.8. The molecule has 2 aromatic rings. The van der Waals surface area contributed by atoms with Crippen molar-refractivity contribution in [1.29, 1.82) is 0 Å². The van der Waals surface area contributed by atoms with Crippen molar-refractivity contribution >= 4 is 27.7 Å². The molecule has 2 aromatic carbocycles. The molecule has 0 bridgehead atoms. The molecule has 0 spiro atoms. The highest BCUT2D eigenvalue weighted by atomic mass is 79.9. The number of aryl methyl sites for hydroxylation is 2. The van der Waals surface area contributed by atoms with Crippen LogP contribution in [0.15, 0.2) is 46.9 Å². The fraction of sp³-hybridized carbons (Fsp3) is 0.440. The molecule has 5 nitrogen and oxygen atoms in total. The molecule has 168 valence electrons. The maximum absolute atomic E-state index is 13.2. The molecular weight excluding hydrogens is 456 g/mol. The molecule has 0 heterocycles. The minimum absolute atomic E-state index is 0.124. The largest absolute Gasteiger partial charge is 0.484 e. The van der Waals surface area contributed by atoms with Gasteiger partial charge in [0.05, 0.1) is 0 Å². The summed E-state index contributed by atoms with van der Waals surface area (Å²) in [6, 6.07) is 13.0. The van der Waals surface area contributed by atoms with Gasteiger partial charge in [0.2, 0.25) is 5.91 Å². The van der Waals surface area contributed by atoms with Crippen LogP contribution in [-0.4, -0.2) is 35.9 Å². The lowest BCUT2D eigenvalue weighted by atomic mass is 10.1. The Kier molecular flexibility index (Phi) is 9.56. The summed E-state index contributed by atoms with van der Waals surface area (Å²) in [6.07, 6.45) is 0.527. The molecule has 0 fully saturated rings. The van der Waals surface area contributed by atoms with Crippen LogP contribution in [0.4, 0.5) is 0 Å². The van der Waals surface area contributed by atoms with Crippen LogP contribution in [-0.2, 0) is 16.1 Å². The maximum atomic E-state index is 13.2. The van der Waals surface area contributed by atoms with Crippen LogP contribution >= 0.6 is 15.9 Å². The molecule has 2 amide bonds. The van der Waals surface area contributed by atoms with Crippen molar-refractivity contribution in [2.45, 2.75) is 53.6 Å². The van der Waals surface area contributed by atoms with Gasteiger partial charge in [0.25, 0.3) is 5.91 Å². The quantitative estimate of drug-likeness (QED) is 0.510. The first-order chi connectivity index (χ1) is 14.7. The monoisotopic (exact) mass is 488 g/mol. The van der Waals surface area contributed by atoms with E-state index in [4.69, 9.17) is 4.74 Å². The Labute approximate surface area is 194 Å². The van der Waals surface area contributed by atoms with Gasteiger partial charge < -0.3 is 15.0 Å². The molecule has 0 aliphatic rings. The smallest absolute Gasteiger partial charge is 0.261 e. The molecule has 0 saturated heterocycles. The van der Waals surface area contributed by atoms with Gasteiger partial charge in [-0.05, 0) is 55.5 Å². The number of nitrogens with one attached hydrogen (secondary N) is 1. The molecular formula is C25H33BrN2O3. The first-order valence-corrected chi connectivity index (χ1v) is 11.5. The van der Waals surface area contributed by atoms with Gasteiger partial charge in [0, 0.05) is 17.6 Å². The van der Waals surface area contributed by atoms with Crippen LogP contribution < -0.4 is 10.1 Å². The third-order valence-corrected chi connectivity index (χ3v) is 5.89. The Bertz CT molecular complexity index is 898. The first-order valence-electron chi connectivity index (χ1n) is 10.7. The van der Waals surface area contributed by atoms with Gasteiger partial charge in [-0.1, -0.05) is 66.5 Å². The van der Waals surface area contributed by atoms with Gasteiger partial charge in [-0.3, -0.25) is 9.59 Å². The van der Waals surface area contributed by atoms with Gasteiger partial charge in [-0.15, -0.1) is 0 Å². The number of rotatable bonds is 10. The summed E-state index contributed by atoms with van der Waals surface area (Å²) in [5.41, 5.74) is 3.13. The number of halogens is 1. The Morgan fingerprint density at radius 1 is 1.13 bits per heavy atom. The second-order valence-electron chi connectivity index (χ2n) is 8.27. The van der Waals surface area contributed by atoms with Crippen LogP contribution in [0.1, 0.15) is 43.9 Å². The van der Waals surface area contributed by atoms with E-state index >= 15 is 0 Å². The summed E-state index contributed by atoms with van der Waals surface area (Å²) in [7, 11) is 0. The average Bonchev–Trinajstić information content (AvgIpc) is 2.72. The molecule has 0 saturated carbocycles. The van der Waals surface area contributed by atoms with Crippen LogP contribution in [0.3, 0.4) is 0 Å². The number of benzene rings is 2. The highest BCUT2D eigenvalue weighted by Gasteiger charge is 2.29. The van der Waals surface area contributed by atoms with Crippen LogP contribution in [0.2, 0.25) is 0 Å². The van der Waals surface area contributed by atoms with E-state index in [1.807, 2.05) is 77.1 Å². The van der Waals surface area contributed by atoms with Crippen molar-refractivity contribution in [3.8, 4) is 5.75 Å². The molecule has 0 aliphatic carbocycles. The Balaban J connectivity index is 2.20. The number of nitrogens with zero attached hydrogens (tertiary/aromatic N) is 1. The van der Waals surface area contributed by atoms with Gasteiger partial charge >= 0.3 is 0 Å². The fourth-order valence-electron chi connectivity index (χ4n) is 3.28. The third kappa shape index (κ3) is 7.69. The van der Waals surface area contributed by atoms with E-state index in [-0.39, 0.29) is 18.4 Å². The van der Waals surface area contributed by atoms with E-state index in [9.17, 15) is 9.59 Å². The fourth-order valence-corrected chi connectivity index (χ4v) is 3.53. The van der Waals surface area contributed by atoms with E-state index in [0.29, 0.717) is 31.2 Å². The highest BCUT2D eigenvalue weighted by molar-refractivity contribution is 9.10. The second-order valence-corrected chi connectivity index (χ2v) is 9.13. The molecule has 31 heavy (non-hydrogen) atoms. The second kappa shape index (κ2) is 11.9. The molecule has 0 unspecified atom stereocenters. The Hall–Kier alpha value is -2.34. The summed E-state index contributed by atoms with van der Waals surface area (Å²) >= 11 is 3.47. The first kappa shape index (κ1) is 24.9. The topological polar surface area (TPSA) is 58.6 Å².